The molecule has 1 fully saturated rings. The van der Waals surface area contributed by atoms with Crippen molar-refractivity contribution in [2.24, 2.45) is 5.92 Å². The van der Waals surface area contributed by atoms with Crippen molar-refractivity contribution in [2.45, 2.75) is 50.3 Å². The van der Waals surface area contributed by atoms with E-state index >= 15 is 0 Å². The predicted octanol–water partition coefficient (Wildman–Crippen LogP) is 4.87. The van der Waals surface area contributed by atoms with Gasteiger partial charge in [-0.15, -0.1) is 22.9 Å². The highest BCUT2D eigenvalue weighted by Gasteiger charge is 2.21. The smallest absolute Gasteiger partial charge is 0.0412 e. The van der Waals surface area contributed by atoms with Crippen molar-refractivity contribution < 1.29 is 0 Å². The number of alkyl halides is 1. The van der Waals surface area contributed by atoms with Crippen LogP contribution < -0.4 is 0 Å². The molecule has 0 aromatic carbocycles. The number of halogens is 1. The molecule has 1 heterocycles. The van der Waals surface area contributed by atoms with E-state index < -0.39 is 0 Å². The standard InChI is InChI=1S/C13H19ClS/c14-13(10-12-8-5-9-15-12)11-6-3-1-2-4-7-11/h5,8-9,11,13H,1-4,6-7,10H2. The highest BCUT2D eigenvalue weighted by atomic mass is 35.5. The SMILES string of the molecule is ClC(Cc1cccs1)C1CCCCCC1. The second kappa shape index (κ2) is 5.91. The predicted molar refractivity (Wildman–Crippen MR) is 68.9 cm³/mol. The molecule has 0 radical (unpaired) electrons. The zero-order valence-corrected chi connectivity index (χ0v) is 10.7. The molecule has 1 aromatic heterocycles. The third-order valence-corrected chi connectivity index (χ3v) is 4.80. The van der Waals surface area contributed by atoms with Gasteiger partial charge in [-0.1, -0.05) is 31.7 Å². The highest BCUT2D eigenvalue weighted by Crippen LogP contribution is 2.30. The van der Waals surface area contributed by atoms with Gasteiger partial charge in [-0.05, 0) is 36.6 Å². The molecule has 0 aliphatic heterocycles. The lowest BCUT2D eigenvalue weighted by Crippen LogP contribution is -2.16. The Morgan fingerprint density at radius 2 is 2.00 bits per heavy atom. The normalized spacial score (nSPS) is 21.1. The van der Waals surface area contributed by atoms with Crippen LogP contribution in [0.15, 0.2) is 17.5 Å². The molecular formula is C13H19ClS. The molecule has 84 valence electrons. The lowest BCUT2D eigenvalue weighted by molar-refractivity contribution is 0.436. The molecule has 0 amide bonds. The average Bonchev–Trinajstić information content (AvgIpc) is 2.58. The second-order valence-corrected chi connectivity index (χ2v) is 6.14. The van der Waals surface area contributed by atoms with Gasteiger partial charge in [0.05, 0.1) is 0 Å². The molecule has 1 saturated carbocycles. The Bertz CT molecular complexity index is 260. The van der Waals surface area contributed by atoms with Crippen molar-refractivity contribution in [2.75, 3.05) is 0 Å². The van der Waals surface area contributed by atoms with E-state index in [1.807, 2.05) is 11.3 Å². The molecule has 2 rings (SSSR count). The van der Waals surface area contributed by atoms with Gasteiger partial charge in [0.15, 0.2) is 0 Å². The van der Waals surface area contributed by atoms with Crippen molar-refractivity contribution >= 4 is 22.9 Å². The van der Waals surface area contributed by atoms with Crippen LogP contribution in [0.5, 0.6) is 0 Å². The van der Waals surface area contributed by atoms with Crippen molar-refractivity contribution in [3.8, 4) is 0 Å². The molecule has 1 aromatic rings. The molecular weight excluding hydrogens is 224 g/mol. The van der Waals surface area contributed by atoms with Crippen LogP contribution in [-0.2, 0) is 6.42 Å². The number of hydrogen-bond donors (Lipinski definition) is 0. The first-order chi connectivity index (χ1) is 7.36. The van der Waals surface area contributed by atoms with E-state index in [9.17, 15) is 0 Å². The van der Waals surface area contributed by atoms with Crippen LogP contribution in [0.1, 0.15) is 43.4 Å². The summed E-state index contributed by atoms with van der Waals surface area (Å²) in [4.78, 5) is 1.44. The first-order valence-corrected chi connectivity index (χ1v) is 7.34. The largest absolute Gasteiger partial charge is 0.149 e. The number of rotatable bonds is 3. The van der Waals surface area contributed by atoms with E-state index in [4.69, 9.17) is 11.6 Å². The summed E-state index contributed by atoms with van der Waals surface area (Å²) in [6.07, 6.45) is 9.37. The first kappa shape index (κ1) is 11.5. The van der Waals surface area contributed by atoms with Crippen LogP contribution >= 0.6 is 22.9 Å². The van der Waals surface area contributed by atoms with Crippen LogP contribution in [0.2, 0.25) is 0 Å². The van der Waals surface area contributed by atoms with Gasteiger partial charge in [-0.25, -0.2) is 0 Å². The zero-order chi connectivity index (χ0) is 10.5. The first-order valence-electron chi connectivity index (χ1n) is 6.03. The Morgan fingerprint density at radius 3 is 2.60 bits per heavy atom. The summed E-state index contributed by atoms with van der Waals surface area (Å²) in [6, 6.07) is 4.33. The minimum Gasteiger partial charge on any atom is -0.149 e. The van der Waals surface area contributed by atoms with Gasteiger partial charge in [-0.3, -0.25) is 0 Å². The lowest BCUT2D eigenvalue weighted by atomic mass is 9.94. The summed E-state index contributed by atoms with van der Waals surface area (Å²) < 4.78 is 0. The van der Waals surface area contributed by atoms with E-state index in [0.717, 1.165) is 12.3 Å². The van der Waals surface area contributed by atoms with Crippen LogP contribution in [0.3, 0.4) is 0 Å². The van der Waals surface area contributed by atoms with Gasteiger partial charge in [-0.2, -0.15) is 0 Å². The molecule has 1 aliphatic rings. The number of hydrogen-bond acceptors (Lipinski definition) is 1. The zero-order valence-electron chi connectivity index (χ0n) is 9.12. The van der Waals surface area contributed by atoms with Gasteiger partial charge in [0.1, 0.15) is 0 Å². The maximum atomic E-state index is 6.53. The fourth-order valence-electron chi connectivity index (χ4n) is 2.46. The molecule has 0 spiro atoms. The van der Waals surface area contributed by atoms with E-state index in [2.05, 4.69) is 17.5 Å². The van der Waals surface area contributed by atoms with Crippen molar-refractivity contribution in [1.82, 2.24) is 0 Å². The quantitative estimate of drug-likeness (QED) is 0.524. The maximum Gasteiger partial charge on any atom is 0.0412 e. The third kappa shape index (κ3) is 3.49. The maximum absolute atomic E-state index is 6.53. The Balaban J connectivity index is 1.86. The highest BCUT2D eigenvalue weighted by molar-refractivity contribution is 7.09. The Morgan fingerprint density at radius 1 is 1.27 bits per heavy atom. The van der Waals surface area contributed by atoms with E-state index in [1.165, 1.54) is 43.4 Å². The molecule has 0 saturated heterocycles. The van der Waals surface area contributed by atoms with Gasteiger partial charge >= 0.3 is 0 Å². The minimum atomic E-state index is 0.363. The molecule has 0 N–H and O–H groups in total. The number of thiophene rings is 1. The molecule has 1 unspecified atom stereocenters. The Kier molecular flexibility index (Phi) is 4.52. The molecule has 0 nitrogen and oxygen atoms in total. The van der Waals surface area contributed by atoms with Crippen molar-refractivity contribution in [3.05, 3.63) is 22.4 Å². The molecule has 1 atom stereocenters. The van der Waals surface area contributed by atoms with Crippen LogP contribution in [-0.4, -0.2) is 5.38 Å². The summed E-state index contributed by atoms with van der Waals surface area (Å²) in [5.74, 6) is 0.760. The lowest BCUT2D eigenvalue weighted by Gasteiger charge is -2.19. The summed E-state index contributed by atoms with van der Waals surface area (Å²) in [7, 11) is 0. The Hall–Kier alpha value is -0.0100. The summed E-state index contributed by atoms with van der Waals surface area (Å²) in [5, 5.41) is 2.51. The second-order valence-electron chi connectivity index (χ2n) is 4.55. The fourth-order valence-corrected chi connectivity index (χ4v) is 3.73. The fraction of sp³-hybridized carbons (Fsp3) is 0.692. The van der Waals surface area contributed by atoms with E-state index in [1.54, 1.807) is 0 Å². The molecule has 1 aliphatic carbocycles. The molecule has 15 heavy (non-hydrogen) atoms. The van der Waals surface area contributed by atoms with Gasteiger partial charge in [0.25, 0.3) is 0 Å². The molecule has 2 heteroatoms. The van der Waals surface area contributed by atoms with Gasteiger partial charge in [0.2, 0.25) is 0 Å². The topological polar surface area (TPSA) is 0 Å². The van der Waals surface area contributed by atoms with Crippen LogP contribution in [0.4, 0.5) is 0 Å². The van der Waals surface area contributed by atoms with E-state index in [-0.39, 0.29) is 0 Å². The van der Waals surface area contributed by atoms with E-state index in [0.29, 0.717) is 5.38 Å². The van der Waals surface area contributed by atoms with Crippen molar-refractivity contribution in [1.29, 1.82) is 0 Å². The molecule has 0 bridgehead atoms. The Labute approximate surface area is 102 Å². The van der Waals surface area contributed by atoms with Gasteiger partial charge < -0.3 is 0 Å². The monoisotopic (exact) mass is 242 g/mol. The minimum absolute atomic E-state index is 0.363. The van der Waals surface area contributed by atoms with Crippen LogP contribution in [0, 0.1) is 5.92 Å². The average molecular weight is 243 g/mol. The van der Waals surface area contributed by atoms with Crippen LogP contribution in [0.25, 0.3) is 0 Å². The van der Waals surface area contributed by atoms with Crippen molar-refractivity contribution in [3.63, 3.8) is 0 Å². The summed E-state index contributed by atoms with van der Waals surface area (Å²) >= 11 is 8.37. The summed E-state index contributed by atoms with van der Waals surface area (Å²) in [5.41, 5.74) is 0. The third-order valence-electron chi connectivity index (χ3n) is 3.39. The summed E-state index contributed by atoms with van der Waals surface area (Å²) in [6.45, 7) is 0. The van der Waals surface area contributed by atoms with Gasteiger partial charge in [0, 0.05) is 10.3 Å².